The van der Waals surface area contributed by atoms with Gasteiger partial charge in [0.1, 0.15) is 16.9 Å². The summed E-state index contributed by atoms with van der Waals surface area (Å²) in [6, 6.07) is 8.52. The van der Waals surface area contributed by atoms with Gasteiger partial charge in [-0.1, -0.05) is 43.5 Å². The lowest BCUT2D eigenvalue weighted by Crippen LogP contribution is -2.43. The summed E-state index contributed by atoms with van der Waals surface area (Å²) in [4.78, 5) is 13.3. The van der Waals surface area contributed by atoms with E-state index in [0.717, 1.165) is 79.4 Å². The number of ether oxygens (including phenoxy) is 3. The minimum Gasteiger partial charge on any atom is -0.482 e. The van der Waals surface area contributed by atoms with Crippen LogP contribution in [0.25, 0.3) is 11.1 Å². The molecule has 1 saturated carbocycles. The third kappa shape index (κ3) is 3.31. The molecule has 0 aromatic heterocycles. The van der Waals surface area contributed by atoms with E-state index in [1.807, 2.05) is 0 Å². The van der Waals surface area contributed by atoms with Gasteiger partial charge >= 0.3 is 5.97 Å². The largest absolute Gasteiger partial charge is 0.482 e. The number of esters is 1. The Hall–Kier alpha value is -2.49. The van der Waals surface area contributed by atoms with Crippen molar-refractivity contribution in [3.05, 3.63) is 46.5 Å². The number of rotatable bonds is 4. The Morgan fingerprint density at radius 2 is 1.74 bits per heavy atom. The second kappa shape index (κ2) is 7.29. The predicted octanol–water partition coefficient (Wildman–Crippen LogP) is 6.84. The van der Waals surface area contributed by atoms with E-state index in [4.69, 9.17) is 14.2 Å². The lowest BCUT2D eigenvalue weighted by atomic mass is 9.82. The average molecular weight is 421 g/mol. The number of unbranched alkanes of at least 4 members (excludes halogenated alkanes) is 2. The number of hydrogen-bond acceptors (Lipinski definition) is 4. The highest BCUT2D eigenvalue weighted by Crippen LogP contribution is 2.55. The van der Waals surface area contributed by atoms with Crippen molar-refractivity contribution in [1.29, 1.82) is 0 Å². The predicted molar refractivity (Wildman–Crippen MR) is 121 cm³/mol. The van der Waals surface area contributed by atoms with Crippen LogP contribution in [0.1, 0.15) is 92.8 Å². The maximum Gasteiger partial charge on any atom is 0.345 e. The van der Waals surface area contributed by atoms with Crippen molar-refractivity contribution in [2.75, 3.05) is 0 Å². The van der Waals surface area contributed by atoms with E-state index in [-0.39, 0.29) is 5.97 Å². The van der Waals surface area contributed by atoms with Crippen LogP contribution in [-0.4, -0.2) is 11.8 Å². The molecule has 2 aliphatic heterocycles. The first-order valence-corrected chi connectivity index (χ1v) is 11.8. The van der Waals surface area contributed by atoms with Gasteiger partial charge in [-0.15, -0.1) is 0 Å². The molecule has 0 amide bonds. The molecule has 0 saturated heterocycles. The number of fused-ring (bicyclic) bond motifs is 5. The van der Waals surface area contributed by atoms with Crippen LogP contribution in [-0.2, 0) is 16.8 Å². The zero-order chi connectivity index (χ0) is 21.8. The Kier molecular flexibility index (Phi) is 4.80. The minimum absolute atomic E-state index is 0.239. The van der Waals surface area contributed by atoms with Gasteiger partial charge in [0.2, 0.25) is 0 Å². The summed E-state index contributed by atoms with van der Waals surface area (Å²) in [5.74, 6) is 0.425. The molecule has 2 heterocycles. The first kappa shape index (κ1) is 20.4. The van der Waals surface area contributed by atoms with Gasteiger partial charge in [0.25, 0.3) is 5.79 Å². The van der Waals surface area contributed by atoms with E-state index in [1.54, 1.807) is 0 Å². The summed E-state index contributed by atoms with van der Waals surface area (Å²) in [5, 5.41) is 0. The SMILES string of the molecule is CCCCCc1cc2c(c3c1C(=O)OC1(CCCC1)O3)-c1cc(C)ccc1C(C)(C)O2. The molecule has 1 aliphatic carbocycles. The van der Waals surface area contributed by atoms with Gasteiger partial charge in [0.15, 0.2) is 5.75 Å². The minimum atomic E-state index is -0.823. The molecular formula is C27H32O4. The fourth-order valence-electron chi connectivity index (χ4n) is 5.37. The fraction of sp³-hybridized carbons (Fsp3) is 0.519. The normalized spacial score (nSPS) is 19.7. The maximum atomic E-state index is 13.3. The fourth-order valence-corrected chi connectivity index (χ4v) is 5.37. The molecule has 0 atom stereocenters. The van der Waals surface area contributed by atoms with Crippen LogP contribution in [0.2, 0.25) is 0 Å². The third-order valence-corrected chi connectivity index (χ3v) is 6.97. The Balaban J connectivity index is 1.75. The zero-order valence-corrected chi connectivity index (χ0v) is 19.1. The van der Waals surface area contributed by atoms with Crippen LogP contribution in [0, 0.1) is 6.92 Å². The molecule has 31 heavy (non-hydrogen) atoms. The van der Waals surface area contributed by atoms with Crippen molar-refractivity contribution >= 4 is 5.97 Å². The smallest absolute Gasteiger partial charge is 0.345 e. The van der Waals surface area contributed by atoms with Crippen molar-refractivity contribution in [3.8, 4) is 22.6 Å². The molecule has 4 heteroatoms. The van der Waals surface area contributed by atoms with Gasteiger partial charge in [-0.3, -0.25) is 0 Å². The Morgan fingerprint density at radius 3 is 2.48 bits per heavy atom. The van der Waals surface area contributed by atoms with Crippen molar-refractivity contribution in [3.63, 3.8) is 0 Å². The summed E-state index contributed by atoms with van der Waals surface area (Å²) >= 11 is 0. The number of aryl methyl sites for hydroxylation is 2. The van der Waals surface area contributed by atoms with E-state index < -0.39 is 11.4 Å². The number of carbonyl (C=O) groups excluding carboxylic acids is 1. The number of hydrogen-bond donors (Lipinski definition) is 0. The average Bonchev–Trinajstić information content (AvgIpc) is 3.14. The summed E-state index contributed by atoms with van der Waals surface area (Å²) in [5.41, 5.74) is 5.44. The summed E-state index contributed by atoms with van der Waals surface area (Å²) in [6.07, 6.45) is 7.63. The van der Waals surface area contributed by atoms with Crippen LogP contribution in [0.3, 0.4) is 0 Å². The Labute approximate surface area is 184 Å². The highest BCUT2D eigenvalue weighted by Gasteiger charge is 2.48. The molecule has 0 N–H and O–H groups in total. The molecule has 3 aliphatic rings. The van der Waals surface area contributed by atoms with Gasteiger partial charge in [-0.25, -0.2) is 4.79 Å². The van der Waals surface area contributed by atoms with Crippen molar-refractivity contribution in [2.45, 2.75) is 90.4 Å². The van der Waals surface area contributed by atoms with Gasteiger partial charge in [-0.05, 0) is 63.6 Å². The molecule has 5 rings (SSSR count). The third-order valence-electron chi connectivity index (χ3n) is 6.97. The van der Waals surface area contributed by atoms with Crippen LogP contribution in [0.4, 0.5) is 0 Å². The van der Waals surface area contributed by atoms with Gasteiger partial charge in [-0.2, -0.15) is 0 Å². The van der Waals surface area contributed by atoms with Gasteiger partial charge in [0.05, 0.1) is 5.56 Å². The monoisotopic (exact) mass is 420 g/mol. The van der Waals surface area contributed by atoms with E-state index in [9.17, 15) is 4.79 Å². The lowest BCUT2D eigenvalue weighted by Gasteiger charge is -2.40. The van der Waals surface area contributed by atoms with Crippen molar-refractivity contribution < 1.29 is 19.0 Å². The van der Waals surface area contributed by atoms with Crippen molar-refractivity contribution in [2.24, 2.45) is 0 Å². The maximum absolute atomic E-state index is 13.3. The zero-order valence-electron chi connectivity index (χ0n) is 19.1. The molecule has 0 unspecified atom stereocenters. The van der Waals surface area contributed by atoms with Gasteiger partial charge in [0, 0.05) is 18.4 Å². The molecular weight excluding hydrogens is 388 g/mol. The van der Waals surface area contributed by atoms with Crippen LogP contribution in [0.15, 0.2) is 24.3 Å². The molecule has 1 spiro atoms. The summed E-state index contributed by atoms with van der Waals surface area (Å²) in [7, 11) is 0. The van der Waals surface area contributed by atoms with E-state index >= 15 is 0 Å². The highest BCUT2D eigenvalue weighted by atomic mass is 16.7. The van der Waals surface area contributed by atoms with Crippen LogP contribution >= 0.6 is 0 Å². The number of benzene rings is 2. The van der Waals surface area contributed by atoms with Crippen molar-refractivity contribution in [1.82, 2.24) is 0 Å². The first-order chi connectivity index (χ1) is 14.8. The van der Waals surface area contributed by atoms with E-state index in [2.05, 4.69) is 52.0 Å². The second-order valence-corrected chi connectivity index (χ2v) is 9.84. The molecule has 2 aromatic carbocycles. The van der Waals surface area contributed by atoms with E-state index in [0.29, 0.717) is 11.3 Å². The quantitative estimate of drug-likeness (QED) is 0.401. The molecule has 164 valence electrons. The molecule has 1 fully saturated rings. The van der Waals surface area contributed by atoms with Crippen LogP contribution < -0.4 is 9.47 Å². The summed E-state index contributed by atoms with van der Waals surface area (Å²) in [6.45, 7) is 8.50. The number of carbonyl (C=O) groups is 1. The second-order valence-electron chi connectivity index (χ2n) is 9.84. The topological polar surface area (TPSA) is 44.8 Å². The molecule has 4 nitrogen and oxygen atoms in total. The molecule has 2 aromatic rings. The molecule has 0 bridgehead atoms. The van der Waals surface area contributed by atoms with Crippen LogP contribution in [0.5, 0.6) is 11.5 Å². The van der Waals surface area contributed by atoms with Gasteiger partial charge < -0.3 is 14.2 Å². The standard InChI is InChI=1S/C27H32O4/c1-5-6-7-10-18-16-21-23(19-15-17(2)11-12-20(19)26(3,4)29-21)24-22(18)25(28)31-27(30-24)13-8-9-14-27/h11-12,15-16H,5-10,13-14H2,1-4H3. The van der Waals surface area contributed by atoms with E-state index in [1.165, 1.54) is 5.56 Å². The Bertz CT molecular complexity index is 1040. The highest BCUT2D eigenvalue weighted by molar-refractivity contribution is 6.00. The first-order valence-electron chi connectivity index (χ1n) is 11.8. The summed E-state index contributed by atoms with van der Waals surface area (Å²) < 4.78 is 19.1. The Morgan fingerprint density at radius 1 is 0.968 bits per heavy atom. The lowest BCUT2D eigenvalue weighted by molar-refractivity contribution is -0.148. The molecule has 0 radical (unpaired) electrons.